The first-order valence-electron chi connectivity index (χ1n) is 5.04. The molecule has 0 aliphatic rings. The van der Waals surface area contributed by atoms with E-state index in [1.54, 1.807) is 18.3 Å². The van der Waals surface area contributed by atoms with Gasteiger partial charge in [0.1, 0.15) is 12.4 Å². The molecule has 0 aliphatic heterocycles. The Bertz CT molecular complexity index is 560. The molecule has 94 valence electrons. The lowest BCUT2D eigenvalue weighted by molar-refractivity contribution is 0.300. The minimum atomic E-state index is -0.413. The summed E-state index contributed by atoms with van der Waals surface area (Å²) in [5.74, 6) is 0.207. The fourth-order valence-corrected chi connectivity index (χ4v) is 1.89. The molecule has 0 bridgehead atoms. The highest BCUT2D eigenvalue weighted by Crippen LogP contribution is 2.26. The highest BCUT2D eigenvalue weighted by atomic mass is 79.9. The SMILES string of the molecule is Nc1ncc(Br)cc1OCc1c(F)cccc1Cl. The van der Waals surface area contributed by atoms with Crippen molar-refractivity contribution in [3.8, 4) is 5.75 Å². The lowest BCUT2D eigenvalue weighted by atomic mass is 10.2. The van der Waals surface area contributed by atoms with Gasteiger partial charge in [0.25, 0.3) is 0 Å². The molecule has 0 aliphatic carbocycles. The number of nitrogen functional groups attached to an aromatic ring is 1. The maximum Gasteiger partial charge on any atom is 0.166 e. The number of hydrogen-bond acceptors (Lipinski definition) is 3. The zero-order chi connectivity index (χ0) is 13.1. The van der Waals surface area contributed by atoms with Gasteiger partial charge in [-0.3, -0.25) is 0 Å². The Morgan fingerprint density at radius 1 is 1.44 bits per heavy atom. The highest BCUT2D eigenvalue weighted by molar-refractivity contribution is 9.10. The van der Waals surface area contributed by atoms with E-state index in [4.69, 9.17) is 22.1 Å². The lowest BCUT2D eigenvalue weighted by Gasteiger charge is -2.10. The van der Waals surface area contributed by atoms with Gasteiger partial charge < -0.3 is 10.5 Å². The van der Waals surface area contributed by atoms with Crippen molar-refractivity contribution in [2.75, 3.05) is 5.73 Å². The quantitative estimate of drug-likeness (QED) is 0.930. The molecule has 1 aromatic heterocycles. The van der Waals surface area contributed by atoms with E-state index in [2.05, 4.69) is 20.9 Å². The molecule has 1 aromatic carbocycles. The second-order valence-corrected chi connectivity index (χ2v) is 4.85. The molecule has 2 aromatic rings. The van der Waals surface area contributed by atoms with Crippen molar-refractivity contribution < 1.29 is 9.13 Å². The second-order valence-electron chi connectivity index (χ2n) is 3.53. The van der Waals surface area contributed by atoms with Crippen LogP contribution in [0, 0.1) is 5.82 Å². The van der Waals surface area contributed by atoms with Crippen LogP contribution in [0.4, 0.5) is 10.2 Å². The smallest absolute Gasteiger partial charge is 0.166 e. The van der Waals surface area contributed by atoms with Crippen LogP contribution in [-0.2, 0) is 6.61 Å². The van der Waals surface area contributed by atoms with Crippen molar-refractivity contribution in [1.29, 1.82) is 0 Å². The van der Waals surface area contributed by atoms with Crippen molar-refractivity contribution in [3.63, 3.8) is 0 Å². The Morgan fingerprint density at radius 3 is 2.94 bits per heavy atom. The minimum absolute atomic E-state index is 0.00611. The maximum atomic E-state index is 13.5. The Labute approximate surface area is 117 Å². The van der Waals surface area contributed by atoms with Crippen molar-refractivity contribution >= 4 is 33.3 Å². The first kappa shape index (κ1) is 13.1. The molecule has 2 N–H and O–H groups in total. The van der Waals surface area contributed by atoms with Gasteiger partial charge in [-0.25, -0.2) is 9.37 Å². The molecule has 0 unspecified atom stereocenters. The van der Waals surface area contributed by atoms with Crippen molar-refractivity contribution in [3.05, 3.63) is 51.3 Å². The van der Waals surface area contributed by atoms with Gasteiger partial charge in [-0.1, -0.05) is 17.7 Å². The second kappa shape index (κ2) is 5.54. The van der Waals surface area contributed by atoms with Gasteiger partial charge in [-0.05, 0) is 34.1 Å². The van der Waals surface area contributed by atoms with Crippen molar-refractivity contribution in [2.45, 2.75) is 6.61 Å². The molecule has 0 spiro atoms. The van der Waals surface area contributed by atoms with E-state index < -0.39 is 5.82 Å². The number of rotatable bonds is 3. The molecule has 1 heterocycles. The average molecular weight is 332 g/mol. The van der Waals surface area contributed by atoms with Crippen LogP contribution >= 0.6 is 27.5 Å². The van der Waals surface area contributed by atoms with Gasteiger partial charge in [0.15, 0.2) is 11.6 Å². The van der Waals surface area contributed by atoms with Crippen LogP contribution in [-0.4, -0.2) is 4.98 Å². The third kappa shape index (κ3) is 2.91. The van der Waals surface area contributed by atoms with Gasteiger partial charge in [0.2, 0.25) is 0 Å². The molecular formula is C12H9BrClFN2O. The summed E-state index contributed by atoms with van der Waals surface area (Å²) in [6, 6.07) is 6.13. The predicted molar refractivity (Wildman–Crippen MR) is 72.1 cm³/mol. The fourth-order valence-electron chi connectivity index (χ4n) is 1.37. The van der Waals surface area contributed by atoms with E-state index in [1.165, 1.54) is 12.1 Å². The summed E-state index contributed by atoms with van der Waals surface area (Å²) in [6.07, 6.45) is 1.55. The number of nitrogens with zero attached hydrogens (tertiary/aromatic N) is 1. The number of pyridine rings is 1. The molecule has 0 radical (unpaired) electrons. The largest absolute Gasteiger partial charge is 0.485 e. The summed E-state index contributed by atoms with van der Waals surface area (Å²) in [6.45, 7) is -0.00611. The van der Waals surface area contributed by atoms with Crippen LogP contribution in [0.25, 0.3) is 0 Å². The molecule has 0 atom stereocenters. The predicted octanol–water partition coefficient (Wildman–Crippen LogP) is 3.80. The molecule has 2 rings (SSSR count). The summed E-state index contributed by atoms with van der Waals surface area (Å²) in [4.78, 5) is 3.91. The van der Waals surface area contributed by atoms with Crippen molar-refractivity contribution in [2.24, 2.45) is 0 Å². The molecule has 0 amide bonds. The number of aromatic nitrogens is 1. The Morgan fingerprint density at radius 2 is 2.22 bits per heavy atom. The zero-order valence-electron chi connectivity index (χ0n) is 9.16. The monoisotopic (exact) mass is 330 g/mol. The van der Waals surface area contributed by atoms with E-state index in [0.29, 0.717) is 16.3 Å². The summed E-state index contributed by atoms with van der Waals surface area (Å²) in [7, 11) is 0. The molecule has 18 heavy (non-hydrogen) atoms. The summed E-state index contributed by atoms with van der Waals surface area (Å²) < 4.78 is 19.7. The molecule has 3 nitrogen and oxygen atoms in total. The summed E-state index contributed by atoms with van der Waals surface area (Å²) in [5, 5.41) is 0.316. The Hall–Kier alpha value is -1.33. The third-order valence-corrected chi connectivity index (χ3v) is 3.07. The topological polar surface area (TPSA) is 48.1 Å². The third-order valence-electron chi connectivity index (χ3n) is 2.28. The molecule has 0 saturated carbocycles. The van der Waals surface area contributed by atoms with Crippen LogP contribution in [0.3, 0.4) is 0 Å². The molecule has 6 heteroatoms. The van der Waals surface area contributed by atoms with Crippen LogP contribution in [0.5, 0.6) is 5.75 Å². The Kier molecular flexibility index (Phi) is 4.04. The molecular weight excluding hydrogens is 322 g/mol. The van der Waals surface area contributed by atoms with E-state index in [9.17, 15) is 4.39 Å². The van der Waals surface area contributed by atoms with Gasteiger partial charge in [-0.15, -0.1) is 0 Å². The van der Waals surface area contributed by atoms with Crippen molar-refractivity contribution in [1.82, 2.24) is 4.98 Å². The molecule has 0 saturated heterocycles. The fraction of sp³-hybridized carbons (Fsp3) is 0.0833. The van der Waals surface area contributed by atoms with E-state index >= 15 is 0 Å². The van der Waals surface area contributed by atoms with Gasteiger partial charge in [0, 0.05) is 16.2 Å². The highest BCUT2D eigenvalue weighted by Gasteiger charge is 2.09. The van der Waals surface area contributed by atoms with Gasteiger partial charge in [-0.2, -0.15) is 0 Å². The van der Waals surface area contributed by atoms with Crippen LogP contribution in [0.15, 0.2) is 34.9 Å². The van der Waals surface area contributed by atoms with Crippen LogP contribution in [0.1, 0.15) is 5.56 Å². The number of anilines is 1. The number of halogens is 3. The van der Waals surface area contributed by atoms with E-state index in [-0.39, 0.29) is 12.4 Å². The Balaban J connectivity index is 2.19. The lowest BCUT2D eigenvalue weighted by Crippen LogP contribution is -2.02. The van der Waals surface area contributed by atoms with Gasteiger partial charge in [0.05, 0.1) is 5.02 Å². The number of nitrogens with two attached hydrogens (primary N) is 1. The van der Waals surface area contributed by atoms with E-state index in [0.717, 1.165) is 4.47 Å². The normalized spacial score (nSPS) is 10.4. The first-order valence-corrected chi connectivity index (χ1v) is 6.21. The first-order chi connectivity index (χ1) is 8.58. The number of ether oxygens (including phenoxy) is 1. The summed E-state index contributed by atoms with van der Waals surface area (Å²) >= 11 is 9.14. The molecule has 0 fully saturated rings. The van der Waals surface area contributed by atoms with Crippen LogP contribution < -0.4 is 10.5 Å². The van der Waals surface area contributed by atoms with E-state index in [1.807, 2.05) is 0 Å². The number of hydrogen-bond donors (Lipinski definition) is 1. The van der Waals surface area contributed by atoms with Crippen LogP contribution in [0.2, 0.25) is 5.02 Å². The minimum Gasteiger partial charge on any atom is -0.485 e. The summed E-state index contributed by atoms with van der Waals surface area (Å²) in [5.41, 5.74) is 5.94. The number of benzene rings is 1. The standard InChI is InChI=1S/C12H9BrClFN2O/c13-7-4-11(12(16)17-5-7)18-6-8-9(14)2-1-3-10(8)15/h1-5H,6H2,(H2,16,17). The zero-order valence-corrected chi connectivity index (χ0v) is 11.5. The maximum absolute atomic E-state index is 13.5. The average Bonchev–Trinajstić information content (AvgIpc) is 2.33. The van der Waals surface area contributed by atoms with Gasteiger partial charge >= 0.3 is 0 Å².